The largest absolute Gasteiger partial charge is 0.495 e. The number of aryl methyl sites for hydroxylation is 1. The van der Waals surface area contributed by atoms with Crippen LogP contribution in [0, 0.1) is 6.92 Å². The summed E-state index contributed by atoms with van der Waals surface area (Å²) >= 11 is 0. The second-order valence-electron chi connectivity index (χ2n) is 10.3. The van der Waals surface area contributed by atoms with Crippen molar-refractivity contribution in [3.8, 4) is 5.75 Å². The number of benzene rings is 2. The molecule has 1 aliphatic carbocycles. The van der Waals surface area contributed by atoms with Crippen molar-refractivity contribution in [2.75, 3.05) is 24.2 Å². The van der Waals surface area contributed by atoms with E-state index in [0.717, 1.165) is 43.1 Å². The Bertz CT molecular complexity index is 1210. The fourth-order valence-electron chi connectivity index (χ4n) is 5.25. The predicted molar refractivity (Wildman–Crippen MR) is 155 cm³/mol. The lowest BCUT2D eigenvalue weighted by Gasteiger charge is -2.33. The lowest BCUT2D eigenvalue weighted by Crippen LogP contribution is -2.51. The molecule has 3 rings (SSSR count). The number of carbonyl (C=O) groups is 2. The first-order chi connectivity index (χ1) is 18.7. The molecule has 214 valence electrons. The molecular formula is C30H43N3O5S. The number of para-hydroxylation sites is 2. The van der Waals surface area contributed by atoms with Gasteiger partial charge in [-0.2, -0.15) is 0 Å². The fraction of sp³-hybridized carbons (Fsp3) is 0.533. The van der Waals surface area contributed by atoms with Crippen LogP contribution in [-0.2, 0) is 26.2 Å². The molecule has 9 heteroatoms. The molecule has 8 nitrogen and oxygen atoms in total. The third-order valence-electron chi connectivity index (χ3n) is 7.45. The Morgan fingerprint density at radius 3 is 2.36 bits per heavy atom. The number of sulfonamides is 1. The summed E-state index contributed by atoms with van der Waals surface area (Å²) in [6, 6.07) is 14.3. The van der Waals surface area contributed by atoms with Crippen molar-refractivity contribution in [3.63, 3.8) is 0 Å². The van der Waals surface area contributed by atoms with Gasteiger partial charge in [0.1, 0.15) is 11.8 Å². The lowest BCUT2D eigenvalue weighted by atomic mass is 9.95. The molecule has 0 bridgehead atoms. The number of methoxy groups -OCH3 is 1. The number of ether oxygens (including phenoxy) is 1. The maximum Gasteiger partial charge on any atom is 0.243 e. The quantitative estimate of drug-likeness (QED) is 0.382. The van der Waals surface area contributed by atoms with Gasteiger partial charge in [-0.3, -0.25) is 13.9 Å². The number of amides is 2. The average Bonchev–Trinajstić information content (AvgIpc) is 2.91. The average molecular weight is 558 g/mol. The minimum absolute atomic E-state index is 0.111. The first-order valence-corrected chi connectivity index (χ1v) is 15.8. The van der Waals surface area contributed by atoms with Gasteiger partial charge >= 0.3 is 0 Å². The highest BCUT2D eigenvalue weighted by Gasteiger charge is 2.31. The zero-order valence-corrected chi connectivity index (χ0v) is 24.5. The molecule has 2 aromatic carbocycles. The van der Waals surface area contributed by atoms with E-state index < -0.39 is 16.1 Å². The van der Waals surface area contributed by atoms with E-state index in [1.165, 1.54) is 17.8 Å². The summed E-state index contributed by atoms with van der Waals surface area (Å²) < 4.78 is 31.9. The van der Waals surface area contributed by atoms with Crippen molar-refractivity contribution in [1.82, 2.24) is 10.2 Å². The number of nitrogens with zero attached hydrogens (tertiary/aromatic N) is 2. The van der Waals surface area contributed by atoms with E-state index in [9.17, 15) is 18.0 Å². The minimum Gasteiger partial charge on any atom is -0.495 e. The molecule has 1 atom stereocenters. The molecule has 0 aliphatic heterocycles. The monoisotopic (exact) mass is 557 g/mol. The van der Waals surface area contributed by atoms with Gasteiger partial charge in [-0.1, -0.05) is 62.6 Å². The Balaban J connectivity index is 1.78. The molecule has 0 heterocycles. The van der Waals surface area contributed by atoms with Crippen LogP contribution in [0.3, 0.4) is 0 Å². The van der Waals surface area contributed by atoms with E-state index in [-0.39, 0.29) is 30.8 Å². The molecule has 2 aromatic rings. The highest BCUT2D eigenvalue weighted by Crippen LogP contribution is 2.30. The molecule has 2 amide bonds. The van der Waals surface area contributed by atoms with Gasteiger partial charge < -0.3 is 15.0 Å². The summed E-state index contributed by atoms with van der Waals surface area (Å²) in [5, 5.41) is 3.20. The summed E-state index contributed by atoms with van der Waals surface area (Å²) in [5.41, 5.74) is 2.48. The van der Waals surface area contributed by atoms with E-state index in [0.29, 0.717) is 30.8 Å². The van der Waals surface area contributed by atoms with E-state index in [4.69, 9.17) is 4.74 Å². The van der Waals surface area contributed by atoms with Gasteiger partial charge in [-0.05, 0) is 55.9 Å². The van der Waals surface area contributed by atoms with Gasteiger partial charge in [0.2, 0.25) is 21.8 Å². The Morgan fingerprint density at radius 2 is 1.72 bits per heavy atom. The Hall–Kier alpha value is -3.07. The summed E-state index contributed by atoms with van der Waals surface area (Å²) in [5.74, 6) is 0.163. The SMILES string of the molecule is CCC(C(=O)NC1CCCCC1)N(Cc1ccccc1C)C(=O)CCCN(c1ccccc1OC)S(C)(=O)=O. The second-order valence-corrected chi connectivity index (χ2v) is 12.2. The Kier molecular flexibility index (Phi) is 11.2. The first-order valence-electron chi connectivity index (χ1n) is 13.9. The number of hydrogen-bond acceptors (Lipinski definition) is 5. The highest BCUT2D eigenvalue weighted by atomic mass is 32.2. The third kappa shape index (κ3) is 8.46. The number of anilines is 1. The lowest BCUT2D eigenvalue weighted by molar-refractivity contribution is -0.141. The van der Waals surface area contributed by atoms with Crippen molar-refractivity contribution >= 4 is 27.5 Å². The van der Waals surface area contributed by atoms with Crippen LogP contribution >= 0.6 is 0 Å². The zero-order chi connectivity index (χ0) is 28.4. The van der Waals surface area contributed by atoms with Crippen LogP contribution < -0.4 is 14.4 Å². The molecule has 0 radical (unpaired) electrons. The van der Waals surface area contributed by atoms with Crippen molar-refractivity contribution in [2.45, 2.75) is 83.8 Å². The smallest absolute Gasteiger partial charge is 0.243 e. The summed E-state index contributed by atoms with van der Waals surface area (Å²) in [6.45, 7) is 4.37. The van der Waals surface area contributed by atoms with E-state index in [1.807, 2.05) is 38.1 Å². The molecule has 39 heavy (non-hydrogen) atoms. The van der Waals surface area contributed by atoms with Crippen LogP contribution in [0.4, 0.5) is 5.69 Å². The van der Waals surface area contributed by atoms with E-state index in [2.05, 4.69) is 5.32 Å². The van der Waals surface area contributed by atoms with Gasteiger partial charge in [0.25, 0.3) is 0 Å². The van der Waals surface area contributed by atoms with Gasteiger partial charge in [0.15, 0.2) is 0 Å². The zero-order valence-electron chi connectivity index (χ0n) is 23.7. The number of nitrogens with one attached hydrogen (secondary N) is 1. The number of rotatable bonds is 13. The minimum atomic E-state index is -3.61. The summed E-state index contributed by atoms with van der Waals surface area (Å²) in [7, 11) is -2.11. The standard InChI is InChI=1S/C30H43N3O5S/c1-5-26(30(35)31-25-16-7-6-8-17-25)32(22-24-15-10-9-14-23(24)2)29(34)20-13-21-33(39(4,36)37)27-18-11-12-19-28(27)38-3/h9-12,14-15,18-19,25-26H,5-8,13,16-17,20-22H2,1-4H3,(H,31,35). The van der Waals surface area contributed by atoms with Gasteiger partial charge in [-0.25, -0.2) is 8.42 Å². The number of carbonyl (C=O) groups excluding carboxylic acids is 2. The van der Waals surface area contributed by atoms with Gasteiger partial charge in [-0.15, -0.1) is 0 Å². The van der Waals surface area contributed by atoms with Crippen molar-refractivity contribution in [3.05, 3.63) is 59.7 Å². The normalized spacial score (nSPS) is 14.9. The molecule has 0 spiro atoms. The first kappa shape index (κ1) is 30.5. The third-order valence-corrected chi connectivity index (χ3v) is 8.63. The van der Waals surface area contributed by atoms with Crippen molar-refractivity contribution < 1.29 is 22.7 Å². The van der Waals surface area contributed by atoms with Crippen LogP contribution in [0.2, 0.25) is 0 Å². The highest BCUT2D eigenvalue weighted by molar-refractivity contribution is 7.92. The molecule has 1 fully saturated rings. The molecule has 1 aliphatic rings. The van der Waals surface area contributed by atoms with Crippen LogP contribution in [0.5, 0.6) is 5.75 Å². The Morgan fingerprint density at radius 1 is 1.05 bits per heavy atom. The van der Waals surface area contributed by atoms with Crippen molar-refractivity contribution in [1.29, 1.82) is 0 Å². The topological polar surface area (TPSA) is 96.0 Å². The van der Waals surface area contributed by atoms with E-state index in [1.54, 1.807) is 29.2 Å². The fourth-order valence-corrected chi connectivity index (χ4v) is 6.22. The van der Waals surface area contributed by atoms with Crippen molar-refractivity contribution in [2.24, 2.45) is 0 Å². The van der Waals surface area contributed by atoms with Gasteiger partial charge in [0.05, 0.1) is 19.1 Å². The second kappa shape index (κ2) is 14.4. The maximum atomic E-state index is 13.7. The molecule has 0 aromatic heterocycles. The van der Waals surface area contributed by atoms with Crippen LogP contribution in [0.25, 0.3) is 0 Å². The van der Waals surface area contributed by atoms with Crippen LogP contribution in [0.15, 0.2) is 48.5 Å². The predicted octanol–water partition coefficient (Wildman–Crippen LogP) is 4.81. The molecular weight excluding hydrogens is 514 g/mol. The molecule has 1 unspecified atom stereocenters. The van der Waals surface area contributed by atoms with Crippen LogP contribution in [0.1, 0.15) is 69.4 Å². The van der Waals surface area contributed by atoms with E-state index >= 15 is 0 Å². The van der Waals surface area contributed by atoms with Gasteiger partial charge in [0, 0.05) is 25.6 Å². The summed E-state index contributed by atoms with van der Waals surface area (Å²) in [4.78, 5) is 28.8. The molecule has 1 saturated carbocycles. The number of hydrogen-bond donors (Lipinski definition) is 1. The maximum absolute atomic E-state index is 13.7. The molecule has 0 saturated heterocycles. The molecule has 1 N–H and O–H groups in total. The summed E-state index contributed by atoms with van der Waals surface area (Å²) in [6.07, 6.45) is 7.40. The Labute approximate surface area is 233 Å². The van der Waals surface area contributed by atoms with Crippen LogP contribution in [-0.4, -0.2) is 57.1 Å².